The molecule has 0 aromatic carbocycles. The van der Waals surface area contributed by atoms with Crippen molar-refractivity contribution in [2.45, 2.75) is 24.7 Å². The van der Waals surface area contributed by atoms with Crippen LogP contribution in [0.15, 0.2) is 17.0 Å². The third-order valence-corrected chi connectivity index (χ3v) is 3.07. The van der Waals surface area contributed by atoms with Crippen LogP contribution in [0.5, 0.6) is 0 Å². The number of rotatable bonds is 2. The van der Waals surface area contributed by atoms with Crippen LogP contribution in [0.1, 0.15) is 5.56 Å². The fourth-order valence-electron chi connectivity index (χ4n) is 2.04. The maximum Gasteiger partial charge on any atom is 0.443 e. The molecule has 0 spiro atoms. The molecule has 1 aromatic rings. The van der Waals surface area contributed by atoms with Gasteiger partial charge in [0.25, 0.3) is 11.9 Å². The van der Waals surface area contributed by atoms with Gasteiger partial charge in [-0.25, -0.2) is 13.2 Å². The zero-order valence-electron chi connectivity index (χ0n) is 13.4. The van der Waals surface area contributed by atoms with Crippen LogP contribution in [-0.4, -0.2) is 29.7 Å². The van der Waals surface area contributed by atoms with Crippen LogP contribution in [-0.2, 0) is 0 Å². The van der Waals surface area contributed by atoms with E-state index in [2.05, 4.69) is 0 Å². The SMILES string of the molecule is F/C(=C(\C(=C(\c1c(F)c(F)nc(F)c1F)C(F)(F)F)C(F)(F)F)C(F)(F)F)C(F)(F)F. The van der Waals surface area contributed by atoms with Gasteiger partial charge in [-0.15, -0.1) is 0 Å². The first kappa shape index (κ1) is 26.5. The minimum Gasteiger partial charge on any atom is -0.201 e. The molecule has 0 aliphatic heterocycles. The Morgan fingerprint density at radius 3 is 1.13 bits per heavy atom. The molecule has 1 aromatic heterocycles. The number of hydrogen-bond acceptors (Lipinski definition) is 1. The van der Waals surface area contributed by atoms with Crippen molar-refractivity contribution in [2.75, 3.05) is 0 Å². The minimum atomic E-state index is -7.26. The van der Waals surface area contributed by atoms with E-state index in [0.29, 0.717) is 0 Å². The summed E-state index contributed by atoms with van der Waals surface area (Å²) in [5.74, 6) is -17.9. The summed E-state index contributed by atoms with van der Waals surface area (Å²) in [5.41, 5.74) is -17.2. The van der Waals surface area contributed by atoms with Crippen molar-refractivity contribution in [3.63, 3.8) is 0 Å². The highest BCUT2D eigenvalue weighted by Crippen LogP contribution is 2.52. The molecule has 0 N–H and O–H groups in total. The predicted octanol–water partition coefficient (Wildman–Crippen LogP) is 6.86. The second-order valence-corrected chi connectivity index (χ2v) is 5.13. The van der Waals surface area contributed by atoms with Crippen molar-refractivity contribution in [3.8, 4) is 0 Å². The molecular weight excluding hydrogens is 493 g/mol. The summed E-state index contributed by atoms with van der Waals surface area (Å²) in [4.78, 5) is 1.64. The second kappa shape index (κ2) is 7.85. The number of alkyl halides is 12. The Morgan fingerprint density at radius 1 is 0.516 bits per heavy atom. The van der Waals surface area contributed by atoms with E-state index >= 15 is 0 Å². The molecule has 1 nitrogen and oxygen atoms in total. The first-order valence-electron chi connectivity index (χ1n) is 6.66. The van der Waals surface area contributed by atoms with Gasteiger partial charge in [0.15, 0.2) is 11.6 Å². The van der Waals surface area contributed by atoms with Gasteiger partial charge in [0.1, 0.15) is 5.57 Å². The van der Waals surface area contributed by atoms with E-state index in [4.69, 9.17) is 0 Å². The lowest BCUT2D eigenvalue weighted by Gasteiger charge is -2.25. The quantitative estimate of drug-likeness (QED) is 0.249. The topological polar surface area (TPSA) is 12.9 Å². The minimum absolute atomic E-state index is 1.64. The fraction of sp³-hybridized carbons (Fsp3) is 0.308. The summed E-state index contributed by atoms with van der Waals surface area (Å²) in [6.45, 7) is 0. The Morgan fingerprint density at radius 2 is 0.871 bits per heavy atom. The molecule has 31 heavy (non-hydrogen) atoms. The van der Waals surface area contributed by atoms with E-state index in [0.717, 1.165) is 0 Å². The van der Waals surface area contributed by atoms with Gasteiger partial charge in [0, 0.05) is 0 Å². The molecule has 0 unspecified atom stereocenters. The second-order valence-electron chi connectivity index (χ2n) is 5.13. The molecule has 1 heterocycles. The summed E-state index contributed by atoms with van der Waals surface area (Å²) in [6, 6.07) is 0. The van der Waals surface area contributed by atoms with Crippen LogP contribution in [0.25, 0.3) is 5.57 Å². The molecule has 176 valence electrons. The third kappa shape index (κ3) is 5.38. The average Bonchev–Trinajstić information content (AvgIpc) is 2.50. The highest BCUT2D eigenvalue weighted by molar-refractivity contribution is 5.78. The summed E-state index contributed by atoms with van der Waals surface area (Å²) in [6.07, 6.45) is -28.5. The lowest BCUT2D eigenvalue weighted by atomic mass is 9.92. The van der Waals surface area contributed by atoms with Gasteiger partial charge in [0.2, 0.25) is 5.83 Å². The number of pyridine rings is 1. The molecule has 0 atom stereocenters. The number of hydrogen-bond donors (Lipinski definition) is 0. The summed E-state index contributed by atoms with van der Waals surface area (Å²) in [7, 11) is 0. The van der Waals surface area contributed by atoms with Gasteiger partial charge in [-0.05, 0) is 0 Å². The summed E-state index contributed by atoms with van der Waals surface area (Å²) < 4.78 is 221. The van der Waals surface area contributed by atoms with Gasteiger partial charge in [-0.3, -0.25) is 0 Å². The van der Waals surface area contributed by atoms with Gasteiger partial charge < -0.3 is 0 Å². The van der Waals surface area contributed by atoms with Crippen LogP contribution in [0, 0.1) is 23.5 Å². The van der Waals surface area contributed by atoms with Gasteiger partial charge >= 0.3 is 24.7 Å². The molecule has 0 radical (unpaired) electrons. The van der Waals surface area contributed by atoms with Crippen molar-refractivity contribution in [1.82, 2.24) is 4.98 Å². The number of allylic oxidation sites excluding steroid dienone is 4. The number of aromatic nitrogens is 1. The summed E-state index contributed by atoms with van der Waals surface area (Å²) in [5, 5.41) is 0. The first-order chi connectivity index (χ1) is 13.5. The van der Waals surface area contributed by atoms with Crippen molar-refractivity contribution in [1.29, 1.82) is 0 Å². The largest absolute Gasteiger partial charge is 0.443 e. The standard InChI is InChI=1S/C13F17N/c14-5-1(6(15)9(18)31-8(5)17)2(10(19,20)21)3(11(22,23)24)4(12(25,26)27)7(16)13(28,29)30/b3-2+,7-4+. The van der Waals surface area contributed by atoms with Crippen LogP contribution >= 0.6 is 0 Å². The van der Waals surface area contributed by atoms with Crippen LogP contribution < -0.4 is 0 Å². The summed E-state index contributed by atoms with van der Waals surface area (Å²) >= 11 is 0. The van der Waals surface area contributed by atoms with E-state index in [-0.39, 0.29) is 0 Å². The molecule has 0 fully saturated rings. The molecule has 0 aliphatic carbocycles. The molecule has 18 heteroatoms. The van der Waals surface area contributed by atoms with Crippen molar-refractivity contribution in [2.24, 2.45) is 0 Å². The lowest BCUT2D eigenvalue weighted by molar-refractivity contribution is -0.139. The Kier molecular flexibility index (Phi) is 6.70. The maximum atomic E-state index is 13.6. The van der Waals surface area contributed by atoms with E-state index < -0.39 is 76.3 Å². The van der Waals surface area contributed by atoms with E-state index in [1.54, 1.807) is 4.98 Å². The molecule has 0 aliphatic rings. The molecule has 0 saturated carbocycles. The van der Waals surface area contributed by atoms with Crippen LogP contribution in [0.3, 0.4) is 0 Å². The van der Waals surface area contributed by atoms with E-state index in [9.17, 15) is 74.6 Å². The lowest BCUT2D eigenvalue weighted by Crippen LogP contribution is -2.32. The van der Waals surface area contributed by atoms with Gasteiger partial charge in [0.05, 0.1) is 16.7 Å². The van der Waals surface area contributed by atoms with Crippen LogP contribution in [0.2, 0.25) is 0 Å². The first-order valence-corrected chi connectivity index (χ1v) is 6.66. The van der Waals surface area contributed by atoms with Crippen molar-refractivity contribution in [3.05, 3.63) is 46.1 Å². The average molecular weight is 493 g/mol. The molecular formula is C13F17N. The van der Waals surface area contributed by atoms with Gasteiger partial charge in [-0.1, -0.05) is 0 Å². The number of halogens is 17. The zero-order valence-corrected chi connectivity index (χ0v) is 13.4. The third-order valence-electron chi connectivity index (χ3n) is 3.07. The van der Waals surface area contributed by atoms with Crippen molar-refractivity contribution < 1.29 is 74.6 Å². The van der Waals surface area contributed by atoms with Gasteiger partial charge in [-0.2, -0.15) is 66.4 Å². The Hall–Kier alpha value is -2.56. The highest BCUT2D eigenvalue weighted by atomic mass is 19.4. The normalized spacial score (nSPS) is 15.6. The van der Waals surface area contributed by atoms with Crippen molar-refractivity contribution >= 4 is 5.57 Å². The van der Waals surface area contributed by atoms with E-state index in [1.807, 2.05) is 0 Å². The Bertz CT molecular complexity index is 896. The molecule has 0 saturated heterocycles. The maximum absolute atomic E-state index is 13.6. The predicted molar refractivity (Wildman–Crippen MR) is 63.3 cm³/mol. The molecule has 0 amide bonds. The number of nitrogens with zero attached hydrogens (tertiary/aromatic N) is 1. The Labute approximate surface area is 157 Å². The highest BCUT2D eigenvalue weighted by Gasteiger charge is 2.58. The fourth-order valence-corrected chi connectivity index (χ4v) is 2.04. The zero-order chi connectivity index (χ0) is 24.9. The Balaban J connectivity index is 4.57. The van der Waals surface area contributed by atoms with Crippen LogP contribution in [0.4, 0.5) is 74.6 Å². The molecule has 1 rings (SSSR count). The smallest absolute Gasteiger partial charge is 0.201 e. The van der Waals surface area contributed by atoms with E-state index in [1.165, 1.54) is 0 Å². The molecule has 0 bridgehead atoms. The monoisotopic (exact) mass is 493 g/mol.